The summed E-state index contributed by atoms with van der Waals surface area (Å²) in [5.74, 6) is 0.642. The second-order valence-corrected chi connectivity index (χ2v) is 6.47. The van der Waals surface area contributed by atoms with Crippen LogP contribution in [0.5, 0.6) is 0 Å². The third-order valence-corrected chi connectivity index (χ3v) is 4.49. The molecule has 3 nitrogen and oxygen atoms in total. The summed E-state index contributed by atoms with van der Waals surface area (Å²) < 4.78 is 5.66. The lowest BCUT2D eigenvalue weighted by Crippen LogP contribution is -2.32. The van der Waals surface area contributed by atoms with E-state index in [9.17, 15) is 5.11 Å². The van der Waals surface area contributed by atoms with Crippen LogP contribution in [0.4, 0.5) is 0 Å². The molecule has 0 aliphatic carbocycles. The third kappa shape index (κ3) is 9.25. The van der Waals surface area contributed by atoms with Crippen LogP contribution < -0.4 is 5.32 Å². The van der Waals surface area contributed by atoms with Gasteiger partial charge in [0.05, 0.1) is 12.7 Å². The predicted octanol–water partition coefficient (Wildman–Crippen LogP) is 3.47. The second kappa shape index (κ2) is 12.2. The van der Waals surface area contributed by atoms with Crippen molar-refractivity contribution in [1.29, 1.82) is 0 Å². The summed E-state index contributed by atoms with van der Waals surface area (Å²) in [5.41, 5.74) is 1.36. The Kier molecular flexibility index (Phi) is 10.8. The molecule has 0 bridgehead atoms. The fourth-order valence-corrected chi connectivity index (χ4v) is 2.97. The van der Waals surface area contributed by atoms with E-state index in [1.54, 1.807) is 11.3 Å². The quantitative estimate of drug-likeness (QED) is 0.548. The molecule has 4 heteroatoms. The predicted molar refractivity (Wildman–Crippen MR) is 91.0 cm³/mol. The van der Waals surface area contributed by atoms with E-state index >= 15 is 0 Å². The molecule has 0 saturated heterocycles. The number of ether oxygens (including phenoxy) is 1. The first-order valence-electron chi connectivity index (χ1n) is 8.23. The molecule has 0 spiro atoms. The SMILES string of the molecule is CCCCC(CC)COCC(O)CNCCc1ccsc1. The van der Waals surface area contributed by atoms with Crippen molar-refractivity contribution in [3.8, 4) is 0 Å². The molecule has 0 aromatic carbocycles. The number of aliphatic hydroxyl groups excluding tert-OH is 1. The molecule has 2 unspecified atom stereocenters. The van der Waals surface area contributed by atoms with Crippen LogP contribution in [0.25, 0.3) is 0 Å². The molecule has 21 heavy (non-hydrogen) atoms. The summed E-state index contributed by atoms with van der Waals surface area (Å²) in [5, 5.41) is 17.4. The molecule has 0 saturated carbocycles. The van der Waals surface area contributed by atoms with Crippen LogP contribution in [0, 0.1) is 5.92 Å². The molecule has 0 aliphatic heterocycles. The van der Waals surface area contributed by atoms with E-state index in [2.05, 4.69) is 36.0 Å². The zero-order valence-corrected chi connectivity index (χ0v) is 14.3. The minimum Gasteiger partial charge on any atom is -0.389 e. The lowest BCUT2D eigenvalue weighted by atomic mass is 10.0. The van der Waals surface area contributed by atoms with E-state index < -0.39 is 6.10 Å². The number of rotatable bonds is 13. The molecule has 0 fully saturated rings. The van der Waals surface area contributed by atoms with Gasteiger partial charge in [-0.25, -0.2) is 0 Å². The second-order valence-electron chi connectivity index (χ2n) is 5.69. The van der Waals surface area contributed by atoms with E-state index in [4.69, 9.17) is 4.74 Å². The Labute approximate surface area is 133 Å². The molecular formula is C17H31NO2S. The smallest absolute Gasteiger partial charge is 0.0897 e. The van der Waals surface area contributed by atoms with Crippen LogP contribution in [0.15, 0.2) is 16.8 Å². The Bertz CT molecular complexity index is 330. The van der Waals surface area contributed by atoms with E-state index in [0.29, 0.717) is 19.1 Å². The largest absolute Gasteiger partial charge is 0.389 e. The zero-order valence-electron chi connectivity index (χ0n) is 13.5. The van der Waals surface area contributed by atoms with Crippen LogP contribution in [0.3, 0.4) is 0 Å². The van der Waals surface area contributed by atoms with Crippen molar-refractivity contribution >= 4 is 11.3 Å². The van der Waals surface area contributed by atoms with Crippen LogP contribution >= 0.6 is 11.3 Å². The van der Waals surface area contributed by atoms with E-state index in [0.717, 1.165) is 26.0 Å². The van der Waals surface area contributed by atoms with Gasteiger partial charge in [-0.2, -0.15) is 11.3 Å². The molecule has 2 N–H and O–H groups in total. The number of aliphatic hydroxyl groups is 1. The van der Waals surface area contributed by atoms with Crippen molar-refractivity contribution in [2.24, 2.45) is 5.92 Å². The Morgan fingerprint density at radius 1 is 1.33 bits per heavy atom. The zero-order chi connectivity index (χ0) is 15.3. The number of hydrogen-bond acceptors (Lipinski definition) is 4. The molecule has 1 aromatic heterocycles. The van der Waals surface area contributed by atoms with Gasteiger partial charge >= 0.3 is 0 Å². The summed E-state index contributed by atoms with van der Waals surface area (Å²) in [6.45, 7) is 7.17. The average Bonchev–Trinajstić information content (AvgIpc) is 3.00. The summed E-state index contributed by atoms with van der Waals surface area (Å²) >= 11 is 1.73. The maximum absolute atomic E-state index is 9.88. The van der Waals surface area contributed by atoms with Crippen LogP contribution in [0.2, 0.25) is 0 Å². The highest BCUT2D eigenvalue weighted by atomic mass is 32.1. The normalized spacial score (nSPS) is 14.2. The van der Waals surface area contributed by atoms with Gasteiger partial charge in [0.2, 0.25) is 0 Å². The van der Waals surface area contributed by atoms with Gasteiger partial charge in [-0.05, 0) is 47.7 Å². The number of hydrogen-bond donors (Lipinski definition) is 2. The van der Waals surface area contributed by atoms with Crippen molar-refractivity contribution in [1.82, 2.24) is 5.32 Å². The average molecular weight is 314 g/mol. The first-order valence-corrected chi connectivity index (χ1v) is 9.18. The molecule has 0 radical (unpaired) electrons. The van der Waals surface area contributed by atoms with E-state index in [-0.39, 0.29) is 0 Å². The maximum Gasteiger partial charge on any atom is 0.0897 e. The van der Waals surface area contributed by atoms with Crippen molar-refractivity contribution in [2.45, 2.75) is 52.1 Å². The first kappa shape index (κ1) is 18.6. The Hall–Kier alpha value is -0.420. The highest BCUT2D eigenvalue weighted by molar-refractivity contribution is 7.07. The van der Waals surface area contributed by atoms with Crippen molar-refractivity contribution in [2.75, 3.05) is 26.3 Å². The molecule has 1 aromatic rings. The number of nitrogens with one attached hydrogen (secondary N) is 1. The highest BCUT2D eigenvalue weighted by Gasteiger charge is 2.08. The standard InChI is InChI=1S/C17H31NO2S/c1-3-5-6-15(4-2)12-20-13-17(19)11-18-9-7-16-8-10-21-14-16/h8,10,14-15,17-19H,3-7,9,11-13H2,1-2H3. The van der Waals surface area contributed by atoms with Gasteiger partial charge in [-0.3, -0.25) is 0 Å². The van der Waals surface area contributed by atoms with Gasteiger partial charge < -0.3 is 15.2 Å². The Balaban J connectivity index is 1.98. The lowest BCUT2D eigenvalue weighted by molar-refractivity contribution is 0.0195. The van der Waals surface area contributed by atoms with Gasteiger partial charge in [0.1, 0.15) is 0 Å². The number of unbranched alkanes of at least 4 members (excludes halogenated alkanes) is 1. The minimum absolute atomic E-state index is 0.406. The molecule has 1 rings (SSSR count). The fraction of sp³-hybridized carbons (Fsp3) is 0.765. The lowest BCUT2D eigenvalue weighted by Gasteiger charge is -2.17. The maximum atomic E-state index is 9.88. The van der Waals surface area contributed by atoms with Crippen molar-refractivity contribution in [3.05, 3.63) is 22.4 Å². The topological polar surface area (TPSA) is 41.5 Å². The highest BCUT2D eigenvalue weighted by Crippen LogP contribution is 2.12. The molecular weight excluding hydrogens is 282 g/mol. The van der Waals surface area contributed by atoms with Crippen LogP contribution in [-0.2, 0) is 11.2 Å². The van der Waals surface area contributed by atoms with Crippen molar-refractivity contribution < 1.29 is 9.84 Å². The van der Waals surface area contributed by atoms with Gasteiger partial charge in [0, 0.05) is 13.2 Å². The Morgan fingerprint density at radius 3 is 2.86 bits per heavy atom. The molecule has 1 heterocycles. The summed E-state index contributed by atoms with van der Waals surface area (Å²) in [4.78, 5) is 0. The molecule has 0 aliphatic rings. The molecule has 2 atom stereocenters. The van der Waals surface area contributed by atoms with Gasteiger partial charge in [-0.15, -0.1) is 0 Å². The van der Waals surface area contributed by atoms with E-state index in [1.165, 1.54) is 24.8 Å². The first-order chi connectivity index (χ1) is 10.3. The van der Waals surface area contributed by atoms with Gasteiger partial charge in [0.25, 0.3) is 0 Å². The minimum atomic E-state index is -0.406. The van der Waals surface area contributed by atoms with Crippen molar-refractivity contribution in [3.63, 3.8) is 0 Å². The van der Waals surface area contributed by atoms with E-state index in [1.807, 2.05) is 0 Å². The third-order valence-electron chi connectivity index (χ3n) is 3.76. The summed E-state index contributed by atoms with van der Waals surface area (Å²) in [6.07, 6.45) is 5.53. The van der Waals surface area contributed by atoms with Crippen LogP contribution in [0.1, 0.15) is 45.1 Å². The fourth-order valence-electron chi connectivity index (χ4n) is 2.26. The number of thiophene rings is 1. The summed E-state index contributed by atoms with van der Waals surface area (Å²) in [7, 11) is 0. The van der Waals surface area contributed by atoms with Gasteiger partial charge in [-0.1, -0.05) is 33.1 Å². The summed E-state index contributed by atoms with van der Waals surface area (Å²) in [6, 6.07) is 2.15. The van der Waals surface area contributed by atoms with Crippen LogP contribution in [-0.4, -0.2) is 37.5 Å². The Morgan fingerprint density at radius 2 is 2.19 bits per heavy atom. The monoisotopic (exact) mass is 313 g/mol. The molecule has 122 valence electrons. The van der Waals surface area contributed by atoms with Gasteiger partial charge in [0.15, 0.2) is 0 Å². The molecule has 0 amide bonds.